The summed E-state index contributed by atoms with van der Waals surface area (Å²) in [5.74, 6) is -2.35. The van der Waals surface area contributed by atoms with Gasteiger partial charge in [0.05, 0.1) is 12.0 Å². The Labute approximate surface area is 173 Å². The first kappa shape index (κ1) is 19.6. The number of carboxylic acids is 1. The van der Waals surface area contributed by atoms with Crippen LogP contribution in [-0.2, 0) is 27.3 Å². The number of amides is 4. The van der Waals surface area contributed by atoms with E-state index in [1.54, 1.807) is 30.3 Å². The van der Waals surface area contributed by atoms with Crippen molar-refractivity contribution in [3.63, 3.8) is 0 Å². The van der Waals surface area contributed by atoms with E-state index in [4.69, 9.17) is 0 Å². The molecule has 0 aromatic heterocycles. The summed E-state index contributed by atoms with van der Waals surface area (Å²) < 4.78 is 0. The summed E-state index contributed by atoms with van der Waals surface area (Å²) in [7, 11) is 0. The number of hydrogen-bond donors (Lipinski definition) is 1. The lowest BCUT2D eigenvalue weighted by atomic mass is 9.95. The van der Waals surface area contributed by atoms with Crippen LogP contribution in [0.15, 0.2) is 54.6 Å². The van der Waals surface area contributed by atoms with E-state index in [-0.39, 0.29) is 18.9 Å². The van der Waals surface area contributed by atoms with E-state index in [2.05, 4.69) is 5.32 Å². The van der Waals surface area contributed by atoms with Crippen molar-refractivity contribution in [2.45, 2.75) is 31.5 Å². The van der Waals surface area contributed by atoms with Crippen LogP contribution in [0.25, 0.3) is 0 Å². The maximum atomic E-state index is 12.8. The summed E-state index contributed by atoms with van der Waals surface area (Å²) in [4.78, 5) is 51.8. The van der Waals surface area contributed by atoms with E-state index in [1.165, 1.54) is 4.90 Å². The molecule has 4 amide bonds. The van der Waals surface area contributed by atoms with Gasteiger partial charge in [0.1, 0.15) is 6.04 Å². The highest BCUT2D eigenvalue weighted by atomic mass is 16.4. The maximum absolute atomic E-state index is 12.8. The molecule has 2 aromatic rings. The van der Waals surface area contributed by atoms with Crippen LogP contribution in [0.4, 0.5) is 4.79 Å². The third-order valence-corrected chi connectivity index (χ3v) is 5.51. The second kappa shape index (κ2) is 7.98. The number of rotatable bonds is 6. The first-order valence-electron chi connectivity index (χ1n) is 9.69. The molecule has 30 heavy (non-hydrogen) atoms. The Morgan fingerprint density at radius 2 is 1.70 bits per heavy atom. The number of nitrogens with zero attached hydrogens (tertiary/aromatic N) is 2. The fourth-order valence-corrected chi connectivity index (χ4v) is 3.95. The summed E-state index contributed by atoms with van der Waals surface area (Å²) >= 11 is 0. The summed E-state index contributed by atoms with van der Waals surface area (Å²) in [6.07, 6.45) is 0.256. The van der Waals surface area contributed by atoms with E-state index in [9.17, 15) is 24.3 Å². The predicted molar refractivity (Wildman–Crippen MR) is 104 cm³/mol. The number of fused-ring (bicyclic) bond motifs is 2. The lowest BCUT2D eigenvalue weighted by molar-refractivity contribution is -0.308. The highest BCUT2D eigenvalue weighted by Crippen LogP contribution is 2.30. The molecule has 1 fully saturated rings. The normalized spacial score (nSPS) is 18.6. The van der Waals surface area contributed by atoms with Crippen LogP contribution in [0, 0.1) is 0 Å². The Kier molecular flexibility index (Phi) is 5.22. The van der Waals surface area contributed by atoms with Crippen LogP contribution in [-0.4, -0.2) is 46.2 Å². The van der Waals surface area contributed by atoms with Crippen molar-refractivity contribution in [1.29, 1.82) is 0 Å². The molecule has 4 rings (SSSR count). The Morgan fingerprint density at radius 3 is 2.40 bits per heavy atom. The molecule has 154 valence electrons. The van der Waals surface area contributed by atoms with Gasteiger partial charge in [-0.05, 0) is 16.7 Å². The molecule has 1 saturated heterocycles. The number of imide groups is 1. The van der Waals surface area contributed by atoms with Crippen LogP contribution in [0.1, 0.15) is 29.2 Å². The van der Waals surface area contributed by atoms with Gasteiger partial charge in [-0.2, -0.15) is 0 Å². The topological polar surface area (TPSA) is 110 Å². The Bertz CT molecular complexity index is 964. The molecule has 1 N–H and O–H groups in total. The number of carbonyl (C=O) groups is 4. The smallest absolute Gasteiger partial charge is 0.327 e. The molecular formula is C22H20N3O5-. The highest BCUT2D eigenvalue weighted by Gasteiger charge is 2.46. The largest absolute Gasteiger partial charge is 0.548 e. The van der Waals surface area contributed by atoms with Crippen molar-refractivity contribution in [3.05, 3.63) is 71.3 Å². The molecule has 0 saturated carbocycles. The Hall–Kier alpha value is -3.68. The average molecular weight is 406 g/mol. The molecule has 0 radical (unpaired) electrons. The maximum Gasteiger partial charge on any atom is 0.327 e. The highest BCUT2D eigenvalue weighted by molar-refractivity contribution is 6.05. The lowest BCUT2D eigenvalue weighted by Crippen LogP contribution is -2.42. The minimum absolute atomic E-state index is 0.110. The zero-order chi connectivity index (χ0) is 21.3. The van der Waals surface area contributed by atoms with Crippen molar-refractivity contribution >= 4 is 23.8 Å². The number of carboxylic acid groups (broad SMARTS) is 1. The van der Waals surface area contributed by atoms with Crippen molar-refractivity contribution in [3.8, 4) is 0 Å². The minimum Gasteiger partial charge on any atom is -0.548 e. The quantitative estimate of drug-likeness (QED) is 0.697. The predicted octanol–water partition coefficient (Wildman–Crippen LogP) is 0.373. The first-order chi connectivity index (χ1) is 14.5. The van der Waals surface area contributed by atoms with E-state index >= 15 is 0 Å². The van der Waals surface area contributed by atoms with Crippen molar-refractivity contribution in [1.82, 2.24) is 15.1 Å². The van der Waals surface area contributed by atoms with Gasteiger partial charge in [-0.15, -0.1) is 0 Å². The van der Waals surface area contributed by atoms with Gasteiger partial charge >= 0.3 is 6.03 Å². The average Bonchev–Trinajstić information content (AvgIpc) is 2.98. The third kappa shape index (κ3) is 3.63. The van der Waals surface area contributed by atoms with Gasteiger partial charge in [-0.3, -0.25) is 14.5 Å². The van der Waals surface area contributed by atoms with Crippen molar-refractivity contribution in [2.24, 2.45) is 0 Å². The molecule has 2 aliphatic heterocycles. The number of aliphatic carboxylic acids is 1. The summed E-state index contributed by atoms with van der Waals surface area (Å²) in [5.41, 5.74) is 2.43. The fourth-order valence-electron chi connectivity index (χ4n) is 3.95. The molecule has 2 atom stereocenters. The first-order valence-corrected chi connectivity index (χ1v) is 9.69. The van der Waals surface area contributed by atoms with Gasteiger partial charge in [0.2, 0.25) is 5.91 Å². The second-order valence-corrected chi connectivity index (χ2v) is 7.37. The van der Waals surface area contributed by atoms with Crippen molar-refractivity contribution < 1.29 is 24.3 Å². The zero-order valence-corrected chi connectivity index (χ0v) is 16.1. The number of urea groups is 1. The number of hydrogen-bond acceptors (Lipinski definition) is 5. The summed E-state index contributed by atoms with van der Waals surface area (Å²) in [5, 5.41) is 13.8. The van der Waals surface area contributed by atoms with Gasteiger partial charge in [0, 0.05) is 25.9 Å². The SMILES string of the molecule is O=C(CCN1C(=O)[C@@H]2Cc3ccccc3CN2C1=O)N[C@H](C(=O)[O-])c1ccccc1. The molecule has 8 heteroatoms. The van der Waals surface area contributed by atoms with Crippen LogP contribution in [0.5, 0.6) is 0 Å². The van der Waals surface area contributed by atoms with Crippen LogP contribution in [0.3, 0.4) is 0 Å². The second-order valence-electron chi connectivity index (χ2n) is 7.37. The molecule has 0 spiro atoms. The van der Waals surface area contributed by atoms with Gasteiger partial charge < -0.3 is 20.1 Å². The number of carbonyl (C=O) groups excluding carboxylic acids is 4. The van der Waals surface area contributed by atoms with E-state index in [0.717, 1.165) is 16.0 Å². The standard InChI is InChI=1S/C22H21N3O5/c26-18(23-19(21(28)29)14-6-2-1-3-7-14)10-11-24-20(27)17-12-15-8-4-5-9-16(15)13-25(17)22(24)30/h1-9,17,19H,10-13H2,(H,23,26)(H,28,29)/p-1/t17-,19-/m0/s1. The third-order valence-electron chi connectivity index (χ3n) is 5.51. The fraction of sp³-hybridized carbons (Fsp3) is 0.273. The van der Waals surface area contributed by atoms with E-state index < -0.39 is 30.0 Å². The van der Waals surface area contributed by atoms with Crippen LogP contribution >= 0.6 is 0 Å². The molecule has 8 nitrogen and oxygen atoms in total. The number of nitrogens with one attached hydrogen (secondary N) is 1. The molecular weight excluding hydrogens is 386 g/mol. The Morgan fingerprint density at radius 1 is 1.03 bits per heavy atom. The Balaban J connectivity index is 1.39. The molecule has 0 aliphatic carbocycles. The van der Waals surface area contributed by atoms with E-state index in [1.807, 2.05) is 24.3 Å². The van der Waals surface area contributed by atoms with Gasteiger partial charge in [-0.25, -0.2) is 4.79 Å². The molecule has 2 aliphatic rings. The van der Waals surface area contributed by atoms with Gasteiger partial charge in [0.15, 0.2) is 0 Å². The minimum atomic E-state index is -1.43. The summed E-state index contributed by atoms with van der Waals surface area (Å²) in [6.45, 7) is 0.246. The van der Waals surface area contributed by atoms with E-state index in [0.29, 0.717) is 18.5 Å². The van der Waals surface area contributed by atoms with Crippen LogP contribution < -0.4 is 10.4 Å². The van der Waals surface area contributed by atoms with Crippen LogP contribution in [0.2, 0.25) is 0 Å². The lowest BCUT2D eigenvalue weighted by Gasteiger charge is -2.28. The summed E-state index contributed by atoms with van der Waals surface area (Å²) in [6, 6.07) is 13.6. The van der Waals surface area contributed by atoms with Gasteiger partial charge in [-0.1, -0.05) is 54.6 Å². The number of benzene rings is 2. The molecule has 0 unspecified atom stereocenters. The van der Waals surface area contributed by atoms with Crippen molar-refractivity contribution in [2.75, 3.05) is 6.54 Å². The molecule has 2 aromatic carbocycles. The zero-order valence-electron chi connectivity index (χ0n) is 16.1. The molecule has 2 heterocycles. The monoisotopic (exact) mass is 406 g/mol. The van der Waals surface area contributed by atoms with Gasteiger partial charge in [0.25, 0.3) is 5.91 Å². The molecule has 0 bridgehead atoms.